The van der Waals surface area contributed by atoms with Crippen LogP contribution in [0.25, 0.3) is 0 Å². The van der Waals surface area contributed by atoms with Crippen molar-refractivity contribution in [1.82, 2.24) is 4.90 Å². The zero-order valence-corrected chi connectivity index (χ0v) is 24.5. The highest BCUT2D eigenvalue weighted by Gasteiger charge is 2.40. The van der Waals surface area contributed by atoms with Gasteiger partial charge in [-0.3, -0.25) is 14.5 Å². The number of ether oxygens (including phenoxy) is 1. The van der Waals surface area contributed by atoms with Gasteiger partial charge in [0.25, 0.3) is 0 Å². The van der Waals surface area contributed by atoms with Crippen LogP contribution in [0.4, 0.5) is 0 Å². The molecule has 2 aliphatic rings. The van der Waals surface area contributed by atoms with Crippen molar-refractivity contribution in [2.24, 2.45) is 0 Å². The van der Waals surface area contributed by atoms with Crippen molar-refractivity contribution in [3.05, 3.63) is 95.1 Å². The Balaban J connectivity index is 0.000000289. The molecule has 0 aromatic heterocycles. The maximum Gasteiger partial charge on any atom is 0.336 e. The summed E-state index contributed by atoms with van der Waals surface area (Å²) in [6.07, 6.45) is 2.43. The van der Waals surface area contributed by atoms with Crippen molar-refractivity contribution >= 4 is 17.9 Å². The Bertz CT molecular complexity index is 1400. The normalized spacial score (nSPS) is 18.0. The van der Waals surface area contributed by atoms with Crippen LogP contribution in [0, 0.1) is 0 Å². The number of nitrogens with zero attached hydrogens (tertiary/aromatic N) is 1. The summed E-state index contributed by atoms with van der Waals surface area (Å²) in [6.45, 7) is 4.18. The molecule has 1 fully saturated rings. The standard InChI is InChI=1S/C28H31NO2.C6H8O7/c30-24-11-15-27-23(20-24)10-14-26(21-6-2-1-3-7-21)28(27)22-8-12-25(13-9-22)31-19-18-29-16-4-5-17-29;7-3(8)1-6(13,5(11)12)2-4(9)10/h1-3,6-9,11-13,15,20,26,28,30H,4-5,10,14,16-19H2;13H,1-2H2,(H,7,8)(H,9,10)(H,11,12)/t26-,28+;/m1./s1. The quantitative estimate of drug-likeness (QED) is 0.210. The molecule has 10 heteroatoms. The fourth-order valence-corrected chi connectivity index (χ4v) is 6.06. The molecule has 1 aliphatic heterocycles. The Labute approximate surface area is 256 Å². The average molecular weight is 606 g/mol. The summed E-state index contributed by atoms with van der Waals surface area (Å²) in [7, 11) is 0. The van der Waals surface area contributed by atoms with Gasteiger partial charge in [-0.1, -0.05) is 48.5 Å². The number of hydrogen-bond donors (Lipinski definition) is 5. The van der Waals surface area contributed by atoms with E-state index < -0.39 is 36.4 Å². The van der Waals surface area contributed by atoms with Crippen LogP contribution in [-0.2, 0) is 20.8 Å². The van der Waals surface area contributed by atoms with E-state index in [-0.39, 0.29) is 5.92 Å². The molecule has 1 aliphatic carbocycles. The van der Waals surface area contributed by atoms with E-state index in [1.807, 2.05) is 12.1 Å². The number of aliphatic carboxylic acids is 3. The first-order valence-electron chi connectivity index (χ1n) is 14.8. The van der Waals surface area contributed by atoms with E-state index in [4.69, 9.17) is 25.2 Å². The van der Waals surface area contributed by atoms with Crippen LogP contribution >= 0.6 is 0 Å². The van der Waals surface area contributed by atoms with Gasteiger partial charge in [-0.25, -0.2) is 4.79 Å². The molecule has 2 atom stereocenters. The van der Waals surface area contributed by atoms with Gasteiger partial charge in [0.1, 0.15) is 18.1 Å². The molecule has 0 radical (unpaired) electrons. The summed E-state index contributed by atoms with van der Waals surface area (Å²) in [6, 6.07) is 25.4. The predicted octanol–water partition coefficient (Wildman–Crippen LogP) is 4.48. The number of likely N-dealkylation sites (tertiary alicyclic amines) is 1. The van der Waals surface area contributed by atoms with Crippen LogP contribution in [-0.4, -0.2) is 80.2 Å². The summed E-state index contributed by atoms with van der Waals surface area (Å²) in [5.41, 5.74) is 2.56. The molecule has 3 aromatic rings. The second-order valence-corrected chi connectivity index (χ2v) is 11.4. The lowest BCUT2D eigenvalue weighted by molar-refractivity contribution is -0.170. The van der Waals surface area contributed by atoms with Crippen LogP contribution in [0.3, 0.4) is 0 Å². The first-order chi connectivity index (χ1) is 21.1. The lowest BCUT2D eigenvalue weighted by atomic mass is 9.69. The van der Waals surface area contributed by atoms with Gasteiger partial charge < -0.3 is 30.3 Å². The van der Waals surface area contributed by atoms with Crippen LogP contribution in [0.2, 0.25) is 0 Å². The van der Waals surface area contributed by atoms with Crippen molar-refractivity contribution in [3.8, 4) is 11.5 Å². The van der Waals surface area contributed by atoms with E-state index in [1.54, 1.807) is 0 Å². The largest absolute Gasteiger partial charge is 0.508 e. The highest BCUT2D eigenvalue weighted by atomic mass is 16.5. The molecular weight excluding hydrogens is 566 g/mol. The number of carboxylic acids is 3. The minimum atomic E-state index is -2.74. The third-order valence-corrected chi connectivity index (χ3v) is 8.22. The van der Waals surface area contributed by atoms with Crippen LogP contribution in [0.5, 0.6) is 11.5 Å². The Morgan fingerprint density at radius 3 is 2.07 bits per heavy atom. The van der Waals surface area contributed by atoms with Crippen LogP contribution in [0.1, 0.15) is 66.2 Å². The average Bonchev–Trinajstić information content (AvgIpc) is 3.50. The lowest BCUT2D eigenvalue weighted by Gasteiger charge is -2.35. The van der Waals surface area contributed by atoms with Crippen molar-refractivity contribution in [3.63, 3.8) is 0 Å². The first-order valence-corrected chi connectivity index (χ1v) is 14.8. The summed E-state index contributed by atoms with van der Waals surface area (Å²) < 4.78 is 6.03. The molecule has 0 amide bonds. The number of carbonyl (C=O) groups is 3. The molecule has 1 heterocycles. The molecule has 0 unspecified atom stereocenters. The number of phenolic OH excluding ortho intramolecular Hbond substituents is 1. The van der Waals surface area contributed by atoms with E-state index in [1.165, 1.54) is 48.2 Å². The number of rotatable bonds is 11. The Kier molecular flexibility index (Phi) is 11.0. The van der Waals surface area contributed by atoms with E-state index in [9.17, 15) is 19.5 Å². The second kappa shape index (κ2) is 14.9. The SMILES string of the molecule is O=C(O)CC(O)(CC(=O)O)C(=O)O.Oc1ccc2c(c1)CC[C@H](c1ccccc1)[C@@H]2c1ccc(OCCN2CCCC2)cc1. The molecule has 10 nitrogen and oxygen atoms in total. The molecule has 234 valence electrons. The van der Waals surface area contributed by atoms with Gasteiger partial charge in [0.2, 0.25) is 0 Å². The Morgan fingerprint density at radius 1 is 0.841 bits per heavy atom. The highest BCUT2D eigenvalue weighted by molar-refractivity contribution is 5.88. The van der Waals surface area contributed by atoms with Gasteiger partial charge in [0.15, 0.2) is 5.60 Å². The minimum Gasteiger partial charge on any atom is -0.508 e. The first kappa shape index (κ1) is 32.5. The number of aryl methyl sites for hydroxylation is 1. The summed E-state index contributed by atoms with van der Waals surface area (Å²) >= 11 is 0. The number of fused-ring (bicyclic) bond motifs is 1. The Hall–Kier alpha value is -4.41. The van der Waals surface area contributed by atoms with Crippen molar-refractivity contribution in [2.75, 3.05) is 26.2 Å². The number of carboxylic acid groups (broad SMARTS) is 3. The van der Waals surface area contributed by atoms with E-state index >= 15 is 0 Å². The summed E-state index contributed by atoms with van der Waals surface area (Å²) in [5, 5.41) is 43.8. The molecule has 3 aromatic carbocycles. The molecule has 44 heavy (non-hydrogen) atoms. The molecule has 0 bridgehead atoms. The zero-order chi connectivity index (χ0) is 31.7. The minimum absolute atomic E-state index is 0.283. The lowest BCUT2D eigenvalue weighted by Crippen LogP contribution is -2.42. The summed E-state index contributed by atoms with van der Waals surface area (Å²) in [4.78, 5) is 33.0. The Morgan fingerprint density at radius 2 is 1.48 bits per heavy atom. The zero-order valence-electron chi connectivity index (χ0n) is 24.5. The van der Waals surface area contributed by atoms with Gasteiger partial charge in [0, 0.05) is 12.5 Å². The highest BCUT2D eigenvalue weighted by Crippen LogP contribution is 2.47. The van der Waals surface area contributed by atoms with Crippen molar-refractivity contribution in [1.29, 1.82) is 0 Å². The van der Waals surface area contributed by atoms with Gasteiger partial charge in [-0.05, 0) is 91.2 Å². The van der Waals surface area contributed by atoms with Crippen LogP contribution in [0.15, 0.2) is 72.8 Å². The molecular formula is C34H39NO9. The van der Waals surface area contributed by atoms with Gasteiger partial charge >= 0.3 is 17.9 Å². The fraction of sp³-hybridized carbons (Fsp3) is 0.382. The van der Waals surface area contributed by atoms with Gasteiger partial charge in [-0.2, -0.15) is 0 Å². The number of hydrogen-bond acceptors (Lipinski definition) is 7. The topological polar surface area (TPSA) is 165 Å². The third-order valence-electron chi connectivity index (χ3n) is 8.22. The molecule has 5 rings (SSSR count). The number of benzene rings is 3. The molecule has 5 N–H and O–H groups in total. The molecule has 0 spiro atoms. The van der Waals surface area contributed by atoms with E-state index in [2.05, 4.69) is 65.6 Å². The summed E-state index contributed by atoms with van der Waals surface area (Å²) in [5.74, 6) is -3.00. The van der Waals surface area contributed by atoms with E-state index in [0.29, 0.717) is 11.7 Å². The maximum atomic E-state index is 10.3. The van der Waals surface area contributed by atoms with Crippen molar-refractivity contribution in [2.45, 2.75) is 56.0 Å². The number of aliphatic hydroxyl groups is 1. The number of phenols is 1. The monoisotopic (exact) mass is 605 g/mol. The predicted molar refractivity (Wildman–Crippen MR) is 162 cm³/mol. The smallest absolute Gasteiger partial charge is 0.336 e. The van der Waals surface area contributed by atoms with E-state index in [0.717, 1.165) is 31.7 Å². The molecule has 0 saturated carbocycles. The van der Waals surface area contributed by atoms with Crippen LogP contribution < -0.4 is 4.74 Å². The van der Waals surface area contributed by atoms with Crippen molar-refractivity contribution < 1.29 is 44.7 Å². The van der Waals surface area contributed by atoms with Gasteiger partial charge in [0.05, 0.1) is 12.8 Å². The third kappa shape index (κ3) is 8.58. The van der Waals surface area contributed by atoms with Gasteiger partial charge in [-0.15, -0.1) is 0 Å². The molecule has 1 saturated heterocycles. The second-order valence-electron chi connectivity index (χ2n) is 11.4. The fourth-order valence-electron chi connectivity index (χ4n) is 6.06. The number of aromatic hydroxyl groups is 1. The maximum absolute atomic E-state index is 10.3.